The predicted molar refractivity (Wildman–Crippen MR) is 217 cm³/mol. The van der Waals surface area contributed by atoms with E-state index in [-0.39, 0.29) is 24.5 Å². The molecule has 0 aromatic rings. The number of rotatable bonds is 40. The maximum atomic E-state index is 12.8. The van der Waals surface area contributed by atoms with Gasteiger partial charge < -0.3 is 15.2 Å². The van der Waals surface area contributed by atoms with Crippen LogP contribution in [0.2, 0.25) is 0 Å². The lowest BCUT2D eigenvalue weighted by molar-refractivity contribution is -0.150. The van der Waals surface area contributed by atoms with E-state index in [2.05, 4.69) is 43.5 Å². The van der Waals surface area contributed by atoms with E-state index in [9.17, 15) is 14.4 Å². The molecule has 0 saturated heterocycles. The second-order valence-electron chi connectivity index (χ2n) is 15.0. The predicted octanol–water partition coefficient (Wildman–Crippen LogP) is 13.5. The zero-order valence-electron chi connectivity index (χ0n) is 33.7. The molecule has 6 heteroatoms. The lowest BCUT2D eigenvalue weighted by Gasteiger charge is -2.18. The molecule has 1 atom stereocenters. The van der Waals surface area contributed by atoms with Gasteiger partial charge in [0.1, 0.15) is 12.6 Å². The third-order valence-electron chi connectivity index (χ3n) is 9.88. The molecule has 51 heavy (non-hydrogen) atoms. The largest absolute Gasteiger partial charge is 0.480 e. The monoisotopic (exact) mass is 718 g/mol. The van der Waals surface area contributed by atoms with Gasteiger partial charge in [-0.3, -0.25) is 14.4 Å². The van der Waals surface area contributed by atoms with Crippen LogP contribution in [0.4, 0.5) is 0 Å². The number of carbonyl (C=O) groups is 3. The van der Waals surface area contributed by atoms with Crippen molar-refractivity contribution in [2.24, 2.45) is 0 Å². The summed E-state index contributed by atoms with van der Waals surface area (Å²) in [5.41, 5.74) is 0. The minimum Gasteiger partial charge on any atom is -0.480 e. The van der Waals surface area contributed by atoms with E-state index in [1.165, 1.54) is 135 Å². The molecule has 0 spiro atoms. The molecule has 0 aromatic carbocycles. The highest BCUT2D eigenvalue weighted by molar-refractivity contribution is 5.80. The Bertz CT molecular complexity index is 838. The van der Waals surface area contributed by atoms with Crippen LogP contribution in [0.5, 0.6) is 0 Å². The summed E-state index contributed by atoms with van der Waals surface area (Å²) >= 11 is 0. The number of hydrogen-bond acceptors (Lipinski definition) is 4. The Morgan fingerprint density at radius 2 is 0.902 bits per heavy atom. The molecule has 0 aromatic heterocycles. The number of carboxylic acid groups (broad SMARTS) is 1. The number of aliphatic carboxylic acids is 1. The first-order valence-electron chi connectivity index (χ1n) is 22.0. The van der Waals surface area contributed by atoms with Crippen molar-refractivity contribution in [2.45, 2.75) is 238 Å². The van der Waals surface area contributed by atoms with Gasteiger partial charge in [-0.15, -0.1) is 0 Å². The lowest BCUT2D eigenvalue weighted by atomic mass is 10.0. The van der Waals surface area contributed by atoms with E-state index in [4.69, 9.17) is 9.84 Å². The smallest absolute Gasteiger partial charge is 0.322 e. The molecule has 1 amide bonds. The van der Waals surface area contributed by atoms with Crippen molar-refractivity contribution in [1.82, 2.24) is 5.32 Å². The van der Waals surface area contributed by atoms with Crippen molar-refractivity contribution in [1.29, 1.82) is 0 Å². The molecule has 0 bridgehead atoms. The first-order valence-corrected chi connectivity index (χ1v) is 22.0. The first kappa shape index (κ1) is 48.9. The summed E-state index contributed by atoms with van der Waals surface area (Å²) in [6, 6.07) is 0. The molecule has 0 aliphatic heterocycles. The van der Waals surface area contributed by atoms with E-state index < -0.39 is 5.97 Å². The van der Waals surface area contributed by atoms with Crippen LogP contribution in [-0.4, -0.2) is 35.6 Å². The first-order chi connectivity index (χ1) is 25.0. The van der Waals surface area contributed by atoms with Crippen LogP contribution in [0.3, 0.4) is 0 Å². The Morgan fingerprint density at radius 1 is 0.510 bits per heavy atom. The number of unbranched alkanes of at least 4 members (excludes halogenated alkanes) is 25. The number of ether oxygens (including phenoxy) is 1. The van der Waals surface area contributed by atoms with Crippen molar-refractivity contribution in [3.05, 3.63) is 24.3 Å². The standard InChI is InChI=1S/C45H83NO5/c1-3-5-7-9-11-13-15-16-17-18-19-20-21-23-25-27-32-36-40-45(50)51-42(37-33-29-26-24-22-14-12-10-8-6-4-2)38-34-30-28-31-35-39-43(47)46-41-44(48)49/h13,15,17-18,42H,3-12,14,16,19-41H2,1-2H3,(H,46,47)(H,48,49)/b15-13-,18-17-. The van der Waals surface area contributed by atoms with Crippen molar-refractivity contribution in [3.63, 3.8) is 0 Å². The van der Waals surface area contributed by atoms with Gasteiger partial charge in [0.2, 0.25) is 5.91 Å². The fourth-order valence-electron chi connectivity index (χ4n) is 6.60. The maximum absolute atomic E-state index is 12.8. The van der Waals surface area contributed by atoms with Gasteiger partial charge >= 0.3 is 11.9 Å². The summed E-state index contributed by atoms with van der Waals surface area (Å²) in [7, 11) is 0. The van der Waals surface area contributed by atoms with E-state index >= 15 is 0 Å². The molecule has 0 fully saturated rings. The average molecular weight is 718 g/mol. The van der Waals surface area contributed by atoms with Crippen LogP contribution in [0.15, 0.2) is 24.3 Å². The third-order valence-corrected chi connectivity index (χ3v) is 9.88. The van der Waals surface area contributed by atoms with Gasteiger partial charge in [0.05, 0.1) is 0 Å². The van der Waals surface area contributed by atoms with Gasteiger partial charge in [-0.2, -0.15) is 0 Å². The molecule has 0 rings (SSSR count). The molecule has 0 aliphatic carbocycles. The SMILES string of the molecule is CCCCCC/C=C\C/C=C\CCCCCCCCCC(=O)OC(CCCCCCCCCCCCC)CCCCCCCC(=O)NCC(=O)O. The summed E-state index contributed by atoms with van der Waals surface area (Å²) < 4.78 is 6.03. The van der Waals surface area contributed by atoms with Crippen LogP contribution in [0.1, 0.15) is 232 Å². The molecule has 0 aliphatic rings. The molecular formula is C45H83NO5. The quantitative estimate of drug-likeness (QED) is 0.0374. The topological polar surface area (TPSA) is 92.7 Å². The van der Waals surface area contributed by atoms with Crippen molar-refractivity contribution < 1.29 is 24.2 Å². The van der Waals surface area contributed by atoms with E-state index in [1.54, 1.807) is 0 Å². The number of hydrogen-bond donors (Lipinski definition) is 2. The fraction of sp³-hybridized carbons (Fsp3) is 0.844. The fourth-order valence-corrected chi connectivity index (χ4v) is 6.60. The Hall–Kier alpha value is -2.11. The third kappa shape index (κ3) is 40.5. The number of amides is 1. The maximum Gasteiger partial charge on any atom is 0.322 e. The van der Waals surface area contributed by atoms with Crippen molar-refractivity contribution in [3.8, 4) is 0 Å². The summed E-state index contributed by atoms with van der Waals surface area (Å²) in [5.74, 6) is -1.23. The van der Waals surface area contributed by atoms with Gasteiger partial charge in [-0.05, 0) is 70.6 Å². The van der Waals surface area contributed by atoms with Gasteiger partial charge in [0, 0.05) is 12.8 Å². The number of carbonyl (C=O) groups excluding carboxylic acids is 2. The zero-order valence-corrected chi connectivity index (χ0v) is 33.7. The summed E-state index contributed by atoms with van der Waals surface area (Å²) in [4.78, 5) is 35.0. The van der Waals surface area contributed by atoms with Crippen LogP contribution < -0.4 is 5.32 Å². The van der Waals surface area contributed by atoms with Crippen molar-refractivity contribution >= 4 is 17.8 Å². The Kier molecular flexibility index (Phi) is 39.0. The summed E-state index contributed by atoms with van der Waals surface area (Å²) in [6.45, 7) is 4.22. The molecule has 0 radical (unpaired) electrons. The Morgan fingerprint density at radius 3 is 1.37 bits per heavy atom. The number of carboxylic acids is 1. The highest BCUT2D eigenvalue weighted by atomic mass is 16.5. The van der Waals surface area contributed by atoms with Crippen LogP contribution in [0.25, 0.3) is 0 Å². The van der Waals surface area contributed by atoms with Crippen molar-refractivity contribution in [2.75, 3.05) is 6.54 Å². The highest BCUT2D eigenvalue weighted by Gasteiger charge is 2.14. The van der Waals surface area contributed by atoms with Gasteiger partial charge in [0.15, 0.2) is 0 Å². The lowest BCUT2D eigenvalue weighted by Crippen LogP contribution is -2.28. The number of esters is 1. The molecule has 2 N–H and O–H groups in total. The minimum absolute atomic E-state index is 0.0198. The van der Waals surface area contributed by atoms with E-state index in [0.29, 0.717) is 12.8 Å². The molecule has 298 valence electrons. The summed E-state index contributed by atoms with van der Waals surface area (Å²) in [6.07, 6.45) is 48.7. The highest BCUT2D eigenvalue weighted by Crippen LogP contribution is 2.19. The average Bonchev–Trinajstić information content (AvgIpc) is 3.11. The molecule has 0 saturated carbocycles. The van der Waals surface area contributed by atoms with Crippen LogP contribution in [0, 0.1) is 0 Å². The van der Waals surface area contributed by atoms with E-state index in [0.717, 1.165) is 70.6 Å². The molecule has 1 unspecified atom stereocenters. The number of nitrogens with one attached hydrogen (secondary N) is 1. The molecule has 0 heterocycles. The number of allylic oxidation sites excluding steroid dienone is 4. The summed E-state index contributed by atoms with van der Waals surface area (Å²) in [5, 5.41) is 11.1. The Labute approximate surface area is 315 Å². The minimum atomic E-state index is -1.01. The Balaban J connectivity index is 4.11. The zero-order chi connectivity index (χ0) is 37.3. The van der Waals surface area contributed by atoms with Crippen LogP contribution in [-0.2, 0) is 19.1 Å². The second-order valence-corrected chi connectivity index (χ2v) is 15.0. The molecule has 6 nitrogen and oxygen atoms in total. The van der Waals surface area contributed by atoms with Gasteiger partial charge in [-0.25, -0.2) is 0 Å². The van der Waals surface area contributed by atoms with E-state index in [1.807, 2.05) is 0 Å². The normalized spacial score (nSPS) is 12.2. The second kappa shape index (κ2) is 40.7. The molecular weight excluding hydrogens is 634 g/mol. The van der Waals surface area contributed by atoms with Crippen LogP contribution >= 0.6 is 0 Å². The van der Waals surface area contributed by atoms with Gasteiger partial charge in [0.25, 0.3) is 0 Å². The van der Waals surface area contributed by atoms with Gasteiger partial charge in [-0.1, -0.05) is 173 Å².